The molecule has 2 aromatic carbocycles. The molecule has 37 heavy (non-hydrogen) atoms. The lowest BCUT2D eigenvalue weighted by Gasteiger charge is -2.31. The van der Waals surface area contributed by atoms with E-state index >= 15 is 0 Å². The molecule has 1 fully saturated rings. The lowest BCUT2D eigenvalue weighted by molar-refractivity contribution is -0.136. The van der Waals surface area contributed by atoms with Crippen LogP contribution < -0.4 is 10.6 Å². The van der Waals surface area contributed by atoms with Gasteiger partial charge < -0.3 is 20.4 Å². The number of hydrogen-bond donors (Lipinski definition) is 1. The second-order valence-electron chi connectivity index (χ2n) is 9.44. The minimum Gasteiger partial charge on any atom is -0.341 e. The van der Waals surface area contributed by atoms with Crippen molar-refractivity contribution in [2.24, 2.45) is 5.73 Å². The Hall–Kier alpha value is -3.47. The van der Waals surface area contributed by atoms with E-state index in [0.29, 0.717) is 23.4 Å². The fraction of sp³-hybridized carbons (Fsp3) is 0.423. The number of amides is 3. The highest BCUT2D eigenvalue weighted by Crippen LogP contribution is 2.27. The van der Waals surface area contributed by atoms with Crippen LogP contribution >= 0.6 is 0 Å². The molecule has 0 saturated carbocycles. The minimum absolute atomic E-state index is 0.0882. The zero-order chi connectivity index (χ0) is 26.7. The molecule has 2 heterocycles. The Labute approximate surface area is 211 Å². The topological polar surface area (TPSA) is 87.0 Å². The number of anilines is 1. The predicted octanol–water partition coefficient (Wildman–Crippen LogP) is 2.70. The Morgan fingerprint density at radius 3 is 2.35 bits per heavy atom. The molecule has 0 radical (unpaired) electrons. The summed E-state index contributed by atoms with van der Waals surface area (Å²) in [4.78, 5) is 43.3. The smallest absolute Gasteiger partial charge is 0.247 e. The van der Waals surface area contributed by atoms with Gasteiger partial charge in [-0.3, -0.25) is 14.4 Å². The van der Waals surface area contributed by atoms with Crippen LogP contribution in [0.5, 0.6) is 0 Å². The molecular formula is C26H28F4N4O3. The standard InChI is InChI=1S/C26H28F4N4O3/c27-18-5-7-32(8-6-18)25(36)15-34-23-4-2-1-3-16(23)13-33(14-26(34)37)24(35)11-19(31)9-17-10-21(29)22(30)12-20(17)28/h1-4,10,12,18-19H,5-9,11,13-15,31H2/t19-/m1/s1. The minimum atomic E-state index is -1.32. The Kier molecular flexibility index (Phi) is 8.11. The third-order valence-corrected chi connectivity index (χ3v) is 6.70. The quantitative estimate of drug-likeness (QED) is 0.469. The van der Waals surface area contributed by atoms with Crippen molar-refractivity contribution < 1.29 is 31.9 Å². The van der Waals surface area contributed by atoms with Crippen molar-refractivity contribution in [3.8, 4) is 0 Å². The summed E-state index contributed by atoms with van der Waals surface area (Å²) in [6, 6.07) is 7.15. The monoisotopic (exact) mass is 520 g/mol. The molecule has 3 amide bonds. The summed E-state index contributed by atoms with van der Waals surface area (Å²) >= 11 is 0. The van der Waals surface area contributed by atoms with Crippen LogP contribution in [0.2, 0.25) is 0 Å². The first-order chi connectivity index (χ1) is 17.6. The Balaban J connectivity index is 1.45. The summed E-state index contributed by atoms with van der Waals surface area (Å²) in [6.07, 6.45) is -0.886. The Morgan fingerprint density at radius 1 is 0.946 bits per heavy atom. The molecule has 0 aliphatic carbocycles. The summed E-state index contributed by atoms with van der Waals surface area (Å²) in [5.41, 5.74) is 7.02. The number of hydrogen-bond acceptors (Lipinski definition) is 4. The number of likely N-dealkylation sites (tertiary alicyclic amines) is 1. The number of alkyl halides is 1. The van der Waals surface area contributed by atoms with E-state index in [2.05, 4.69) is 0 Å². The molecular weight excluding hydrogens is 492 g/mol. The highest BCUT2D eigenvalue weighted by Gasteiger charge is 2.32. The molecule has 7 nitrogen and oxygen atoms in total. The average molecular weight is 521 g/mol. The van der Waals surface area contributed by atoms with Gasteiger partial charge in [0.1, 0.15) is 25.1 Å². The Morgan fingerprint density at radius 2 is 1.62 bits per heavy atom. The lowest BCUT2D eigenvalue weighted by atomic mass is 10.0. The number of fused-ring (bicyclic) bond motifs is 1. The van der Waals surface area contributed by atoms with E-state index in [-0.39, 0.29) is 69.9 Å². The molecule has 1 atom stereocenters. The average Bonchev–Trinajstić information content (AvgIpc) is 2.99. The van der Waals surface area contributed by atoms with E-state index in [4.69, 9.17) is 5.73 Å². The molecule has 2 aromatic rings. The number of rotatable bonds is 6. The number of halogens is 4. The van der Waals surface area contributed by atoms with Gasteiger partial charge in [-0.15, -0.1) is 0 Å². The summed E-state index contributed by atoms with van der Waals surface area (Å²) in [6.45, 7) is 0.115. The van der Waals surface area contributed by atoms with E-state index in [1.807, 2.05) is 0 Å². The van der Waals surface area contributed by atoms with Gasteiger partial charge in [-0.05, 0) is 42.5 Å². The van der Waals surface area contributed by atoms with E-state index in [9.17, 15) is 31.9 Å². The molecule has 0 aromatic heterocycles. The number of piperidine rings is 1. The highest BCUT2D eigenvalue weighted by molar-refractivity contribution is 6.02. The summed E-state index contributed by atoms with van der Waals surface area (Å²) in [5, 5.41) is 0. The fourth-order valence-corrected chi connectivity index (χ4v) is 4.66. The first-order valence-corrected chi connectivity index (χ1v) is 12.1. The first kappa shape index (κ1) is 26.6. The summed E-state index contributed by atoms with van der Waals surface area (Å²) in [7, 11) is 0. The molecule has 0 spiro atoms. The first-order valence-electron chi connectivity index (χ1n) is 12.1. The molecule has 198 valence electrons. The van der Waals surface area contributed by atoms with Crippen molar-refractivity contribution in [1.29, 1.82) is 0 Å². The lowest BCUT2D eigenvalue weighted by Crippen LogP contribution is -2.48. The van der Waals surface area contributed by atoms with Crippen LogP contribution in [0.3, 0.4) is 0 Å². The van der Waals surface area contributed by atoms with E-state index in [1.165, 1.54) is 14.7 Å². The largest absolute Gasteiger partial charge is 0.341 e. The van der Waals surface area contributed by atoms with Crippen molar-refractivity contribution >= 4 is 23.4 Å². The zero-order valence-electron chi connectivity index (χ0n) is 20.1. The van der Waals surface area contributed by atoms with Gasteiger partial charge in [0.05, 0.1) is 0 Å². The molecule has 0 bridgehead atoms. The molecule has 2 N–H and O–H groups in total. The third-order valence-electron chi connectivity index (χ3n) is 6.70. The molecule has 4 rings (SSSR count). The molecule has 1 saturated heterocycles. The van der Waals surface area contributed by atoms with Gasteiger partial charge in [-0.25, -0.2) is 17.6 Å². The number of para-hydroxylation sites is 1. The molecule has 2 aliphatic heterocycles. The maximum atomic E-state index is 14.0. The van der Waals surface area contributed by atoms with Crippen molar-refractivity contribution in [2.45, 2.75) is 44.4 Å². The van der Waals surface area contributed by atoms with E-state index in [0.717, 1.165) is 0 Å². The number of nitrogens with two attached hydrogens (primary N) is 1. The summed E-state index contributed by atoms with van der Waals surface area (Å²) in [5.74, 6) is -4.73. The maximum absolute atomic E-state index is 14.0. The maximum Gasteiger partial charge on any atom is 0.247 e. The van der Waals surface area contributed by atoms with Crippen molar-refractivity contribution in [3.05, 3.63) is 65.0 Å². The zero-order valence-corrected chi connectivity index (χ0v) is 20.1. The molecule has 2 aliphatic rings. The van der Waals surface area contributed by atoms with Crippen molar-refractivity contribution in [1.82, 2.24) is 9.80 Å². The van der Waals surface area contributed by atoms with Crippen molar-refractivity contribution in [2.75, 3.05) is 31.1 Å². The number of nitrogens with zero attached hydrogens (tertiary/aromatic N) is 3. The van der Waals surface area contributed by atoms with Crippen LogP contribution in [0.15, 0.2) is 36.4 Å². The number of carbonyl (C=O) groups is 3. The van der Waals surface area contributed by atoms with Gasteiger partial charge in [-0.1, -0.05) is 18.2 Å². The SMILES string of the molecule is N[C@@H](CC(=O)N1CC(=O)N(CC(=O)N2CCC(F)CC2)c2ccccc2C1)Cc1cc(F)c(F)cc1F. The van der Waals surface area contributed by atoms with E-state index < -0.39 is 41.5 Å². The second kappa shape index (κ2) is 11.3. The Bertz CT molecular complexity index is 1190. The van der Waals surface area contributed by atoms with Crippen molar-refractivity contribution in [3.63, 3.8) is 0 Å². The number of benzene rings is 2. The second-order valence-corrected chi connectivity index (χ2v) is 9.44. The predicted molar refractivity (Wildman–Crippen MR) is 128 cm³/mol. The molecule has 0 unspecified atom stereocenters. The number of carbonyl (C=O) groups excluding carboxylic acids is 3. The van der Waals surface area contributed by atoms with Gasteiger partial charge in [0.2, 0.25) is 17.7 Å². The van der Waals surface area contributed by atoms with Gasteiger partial charge in [0.15, 0.2) is 11.6 Å². The van der Waals surface area contributed by atoms with Crippen LogP contribution in [0, 0.1) is 17.5 Å². The third kappa shape index (κ3) is 6.27. The van der Waals surface area contributed by atoms with Gasteiger partial charge in [-0.2, -0.15) is 0 Å². The van der Waals surface area contributed by atoms with Gasteiger partial charge in [0.25, 0.3) is 0 Å². The van der Waals surface area contributed by atoms with Crippen LogP contribution in [0.25, 0.3) is 0 Å². The fourth-order valence-electron chi connectivity index (χ4n) is 4.66. The normalized spacial score (nSPS) is 17.4. The highest BCUT2D eigenvalue weighted by atomic mass is 19.2. The van der Waals surface area contributed by atoms with E-state index in [1.54, 1.807) is 24.3 Å². The van der Waals surface area contributed by atoms with Gasteiger partial charge in [0, 0.05) is 43.9 Å². The van der Waals surface area contributed by atoms with Crippen LogP contribution in [0.4, 0.5) is 23.2 Å². The van der Waals surface area contributed by atoms with Crippen LogP contribution in [0.1, 0.15) is 30.4 Å². The summed E-state index contributed by atoms with van der Waals surface area (Å²) < 4.78 is 54.2. The van der Waals surface area contributed by atoms with Crippen LogP contribution in [-0.2, 0) is 27.3 Å². The molecule has 11 heteroatoms. The van der Waals surface area contributed by atoms with Crippen LogP contribution in [-0.4, -0.2) is 65.9 Å². The van der Waals surface area contributed by atoms with Gasteiger partial charge >= 0.3 is 0 Å².